The van der Waals surface area contributed by atoms with E-state index in [1.165, 1.54) is 0 Å². The van der Waals surface area contributed by atoms with Crippen molar-refractivity contribution in [2.24, 2.45) is 0 Å². The van der Waals surface area contributed by atoms with Gasteiger partial charge in [0, 0.05) is 19.5 Å². The van der Waals surface area contributed by atoms with Crippen molar-refractivity contribution in [1.82, 2.24) is 4.72 Å². The Morgan fingerprint density at radius 1 is 1.21 bits per heavy atom. The van der Waals surface area contributed by atoms with Gasteiger partial charge in [-0.3, -0.25) is 4.79 Å². The number of carbonyl (C=O) groups is 1. The van der Waals surface area contributed by atoms with Gasteiger partial charge in [-0.2, -0.15) is 0 Å². The zero-order valence-electron chi connectivity index (χ0n) is 10.8. The van der Waals surface area contributed by atoms with Gasteiger partial charge in [-0.05, 0) is 36.1 Å². The molecule has 0 fully saturated rings. The third-order valence-electron chi connectivity index (χ3n) is 3.67. The maximum Gasteiger partial charge on any atom is 0.240 e. The first-order valence-corrected chi connectivity index (χ1v) is 7.97. The molecule has 0 saturated carbocycles. The van der Waals surface area contributed by atoms with Gasteiger partial charge in [-0.25, -0.2) is 13.1 Å². The number of nitrogens with one attached hydrogen (secondary N) is 1. The predicted molar refractivity (Wildman–Crippen MR) is 71.7 cm³/mol. The van der Waals surface area contributed by atoms with E-state index < -0.39 is 10.0 Å². The molecular weight excluding hydrogens is 264 g/mol. The van der Waals surface area contributed by atoms with Gasteiger partial charge in [0.1, 0.15) is 0 Å². The van der Waals surface area contributed by atoms with E-state index in [1.807, 2.05) is 0 Å². The van der Waals surface area contributed by atoms with Crippen molar-refractivity contribution in [2.45, 2.75) is 31.1 Å². The van der Waals surface area contributed by atoms with Crippen molar-refractivity contribution in [3.8, 4) is 0 Å². The Kier molecular flexibility index (Phi) is 2.87. The van der Waals surface area contributed by atoms with Gasteiger partial charge in [0.25, 0.3) is 0 Å². The normalized spacial score (nSPS) is 17.7. The number of rotatable bonds is 3. The minimum Gasteiger partial charge on any atom is -0.312 e. The molecule has 1 amide bonds. The maximum atomic E-state index is 12.1. The molecule has 0 spiro atoms. The van der Waals surface area contributed by atoms with Crippen LogP contribution < -0.4 is 9.62 Å². The Bertz CT molecular complexity index is 652. The molecule has 1 aromatic carbocycles. The highest BCUT2D eigenvalue weighted by Gasteiger charge is 2.32. The SMILES string of the molecule is CCNS(=O)(=O)c1cc2c3c(c1)CCN3C(=O)CC2. The Hall–Kier alpha value is -1.40. The molecule has 0 aromatic heterocycles. The van der Waals surface area contributed by atoms with Crippen molar-refractivity contribution in [1.29, 1.82) is 0 Å². The van der Waals surface area contributed by atoms with Crippen LogP contribution in [0.4, 0.5) is 5.69 Å². The molecule has 0 saturated heterocycles. The molecule has 0 bridgehead atoms. The van der Waals surface area contributed by atoms with Crippen molar-refractivity contribution >= 4 is 21.6 Å². The molecule has 1 N–H and O–H groups in total. The van der Waals surface area contributed by atoms with Crippen LogP contribution in [0.15, 0.2) is 17.0 Å². The second-order valence-electron chi connectivity index (χ2n) is 4.89. The fraction of sp³-hybridized carbons (Fsp3) is 0.462. The molecule has 102 valence electrons. The highest BCUT2D eigenvalue weighted by Crippen LogP contribution is 2.38. The van der Waals surface area contributed by atoms with Crippen LogP contribution in [0.1, 0.15) is 24.5 Å². The van der Waals surface area contributed by atoms with Gasteiger partial charge in [0.2, 0.25) is 15.9 Å². The van der Waals surface area contributed by atoms with Gasteiger partial charge in [-0.1, -0.05) is 6.92 Å². The van der Waals surface area contributed by atoms with Crippen molar-refractivity contribution < 1.29 is 13.2 Å². The largest absolute Gasteiger partial charge is 0.312 e. The van der Waals surface area contributed by atoms with Gasteiger partial charge < -0.3 is 4.90 Å². The fourth-order valence-electron chi connectivity index (χ4n) is 2.85. The highest BCUT2D eigenvalue weighted by molar-refractivity contribution is 7.89. The van der Waals surface area contributed by atoms with Gasteiger partial charge in [0.05, 0.1) is 10.6 Å². The summed E-state index contributed by atoms with van der Waals surface area (Å²) in [5, 5.41) is 0. The minimum atomic E-state index is -3.42. The Morgan fingerprint density at radius 3 is 2.58 bits per heavy atom. The Morgan fingerprint density at radius 2 is 1.89 bits per heavy atom. The standard InChI is InChI=1S/C13H16N2O3S/c1-2-14-19(17,18)11-7-9-3-4-12(16)15-6-5-10(8-11)13(9)15/h7-8,14H,2-6H2,1H3. The predicted octanol–water partition coefficient (Wildman–Crippen LogP) is 0.820. The summed E-state index contributed by atoms with van der Waals surface area (Å²) in [4.78, 5) is 13.9. The summed E-state index contributed by atoms with van der Waals surface area (Å²) in [6.45, 7) is 2.81. The van der Waals surface area contributed by atoms with Crippen LogP contribution in [-0.2, 0) is 27.7 Å². The van der Waals surface area contributed by atoms with Gasteiger partial charge in [0.15, 0.2) is 0 Å². The zero-order chi connectivity index (χ0) is 13.6. The smallest absolute Gasteiger partial charge is 0.240 e. The fourth-order valence-corrected chi connectivity index (χ4v) is 4.00. The molecule has 2 aliphatic heterocycles. The van der Waals surface area contributed by atoms with Crippen LogP contribution in [0.2, 0.25) is 0 Å². The van der Waals surface area contributed by atoms with Crippen LogP contribution in [-0.4, -0.2) is 27.4 Å². The summed E-state index contributed by atoms with van der Waals surface area (Å²) in [6.07, 6.45) is 1.84. The summed E-state index contributed by atoms with van der Waals surface area (Å²) < 4.78 is 26.7. The number of anilines is 1. The average molecular weight is 280 g/mol. The molecule has 6 heteroatoms. The Balaban J connectivity index is 2.12. The number of sulfonamides is 1. The molecule has 19 heavy (non-hydrogen) atoms. The van der Waals surface area contributed by atoms with Crippen molar-refractivity contribution in [3.63, 3.8) is 0 Å². The number of hydrogen-bond donors (Lipinski definition) is 1. The van der Waals surface area contributed by atoms with Crippen LogP contribution in [0, 0.1) is 0 Å². The minimum absolute atomic E-state index is 0.147. The monoisotopic (exact) mass is 280 g/mol. The molecular formula is C13H16N2O3S. The van der Waals surface area contributed by atoms with E-state index in [9.17, 15) is 13.2 Å². The number of benzene rings is 1. The summed E-state index contributed by atoms with van der Waals surface area (Å²) >= 11 is 0. The molecule has 0 aliphatic carbocycles. The molecule has 0 radical (unpaired) electrons. The third-order valence-corrected chi connectivity index (χ3v) is 5.19. The molecule has 2 heterocycles. The number of carbonyl (C=O) groups excluding carboxylic acids is 1. The number of amides is 1. The summed E-state index contributed by atoms with van der Waals surface area (Å²) in [7, 11) is -3.42. The van der Waals surface area contributed by atoms with Gasteiger partial charge >= 0.3 is 0 Å². The quantitative estimate of drug-likeness (QED) is 0.891. The van der Waals surface area contributed by atoms with Gasteiger partial charge in [-0.15, -0.1) is 0 Å². The summed E-state index contributed by atoms with van der Waals surface area (Å²) in [5.41, 5.74) is 2.90. The highest BCUT2D eigenvalue weighted by atomic mass is 32.2. The van der Waals surface area contributed by atoms with Crippen LogP contribution in [0.3, 0.4) is 0 Å². The first-order valence-electron chi connectivity index (χ1n) is 6.49. The van der Waals surface area contributed by atoms with E-state index in [-0.39, 0.29) is 5.91 Å². The van der Waals surface area contributed by atoms with E-state index in [4.69, 9.17) is 0 Å². The van der Waals surface area contributed by atoms with Crippen LogP contribution in [0.25, 0.3) is 0 Å². The lowest BCUT2D eigenvalue weighted by molar-refractivity contribution is -0.118. The molecule has 2 aliphatic rings. The van der Waals surface area contributed by atoms with E-state index in [0.29, 0.717) is 30.8 Å². The van der Waals surface area contributed by atoms with E-state index >= 15 is 0 Å². The lowest BCUT2D eigenvalue weighted by atomic mass is 10.00. The van der Waals surface area contributed by atoms with Crippen LogP contribution >= 0.6 is 0 Å². The lowest BCUT2D eigenvalue weighted by Crippen LogP contribution is -2.33. The summed E-state index contributed by atoms with van der Waals surface area (Å²) in [6, 6.07) is 3.41. The van der Waals surface area contributed by atoms with Crippen LogP contribution in [0.5, 0.6) is 0 Å². The second kappa shape index (κ2) is 4.31. The number of aryl methyl sites for hydroxylation is 1. The first kappa shape index (κ1) is 12.6. The topological polar surface area (TPSA) is 66.5 Å². The number of hydrogen-bond acceptors (Lipinski definition) is 3. The number of nitrogens with zero attached hydrogens (tertiary/aromatic N) is 1. The molecule has 1 aromatic rings. The van der Waals surface area contributed by atoms with E-state index in [1.54, 1.807) is 24.0 Å². The van der Waals surface area contributed by atoms with Crippen molar-refractivity contribution in [3.05, 3.63) is 23.3 Å². The van der Waals surface area contributed by atoms with E-state index in [2.05, 4.69) is 4.72 Å². The maximum absolute atomic E-state index is 12.1. The average Bonchev–Trinajstić information content (AvgIpc) is 2.79. The first-order chi connectivity index (χ1) is 9.03. The zero-order valence-corrected chi connectivity index (χ0v) is 11.6. The van der Waals surface area contributed by atoms with Crippen molar-refractivity contribution in [2.75, 3.05) is 18.0 Å². The lowest BCUT2D eigenvalue weighted by Gasteiger charge is -2.25. The Labute approximate surface area is 112 Å². The molecule has 5 nitrogen and oxygen atoms in total. The van der Waals surface area contributed by atoms with E-state index in [0.717, 1.165) is 23.2 Å². The molecule has 0 atom stereocenters. The second-order valence-corrected chi connectivity index (χ2v) is 6.65. The third kappa shape index (κ3) is 1.95. The molecule has 0 unspecified atom stereocenters. The molecule has 3 rings (SSSR count). The summed E-state index contributed by atoms with van der Waals surface area (Å²) in [5.74, 6) is 0.147.